The fourth-order valence-corrected chi connectivity index (χ4v) is 6.70. The molecule has 3 aromatic carbocycles. The van der Waals surface area contributed by atoms with Gasteiger partial charge in [0, 0.05) is 23.5 Å². The standard InChI is InChI=1S/C34H48O4Si2/c1-33(2,3)39(8,9)37-27-18-12-24(13-19-27)30-23-36-31-22-28(38-40(10,11)34(4,5)6)20-21-29(31)32(30)25-14-16-26(35-7)17-15-25/h12-22,30,32H,23H2,1-11H3/t30-,32-/m0/s1. The van der Waals surface area contributed by atoms with Crippen molar-refractivity contribution in [1.29, 1.82) is 0 Å². The minimum absolute atomic E-state index is 0.126. The lowest BCUT2D eigenvalue weighted by Crippen LogP contribution is -2.43. The van der Waals surface area contributed by atoms with Gasteiger partial charge in [-0.2, -0.15) is 0 Å². The Morgan fingerprint density at radius 2 is 1.12 bits per heavy atom. The highest BCUT2D eigenvalue weighted by atomic mass is 28.4. The summed E-state index contributed by atoms with van der Waals surface area (Å²) in [6, 6.07) is 23.6. The van der Waals surface area contributed by atoms with Gasteiger partial charge in [-0.1, -0.05) is 71.9 Å². The molecule has 0 saturated carbocycles. The van der Waals surface area contributed by atoms with Crippen LogP contribution in [0.15, 0.2) is 66.7 Å². The van der Waals surface area contributed by atoms with Gasteiger partial charge in [0.2, 0.25) is 16.6 Å². The van der Waals surface area contributed by atoms with Crippen molar-refractivity contribution in [2.45, 2.75) is 89.6 Å². The molecule has 0 fully saturated rings. The summed E-state index contributed by atoms with van der Waals surface area (Å²) in [5, 5.41) is 0.278. The molecule has 1 aliphatic rings. The predicted molar refractivity (Wildman–Crippen MR) is 172 cm³/mol. The molecule has 1 aliphatic heterocycles. The fraction of sp³-hybridized carbons (Fsp3) is 0.471. The maximum Gasteiger partial charge on any atom is 0.250 e. The van der Waals surface area contributed by atoms with Crippen molar-refractivity contribution in [2.24, 2.45) is 0 Å². The third-order valence-corrected chi connectivity index (χ3v) is 18.0. The summed E-state index contributed by atoms with van der Waals surface area (Å²) in [6.07, 6.45) is 0. The van der Waals surface area contributed by atoms with Crippen molar-refractivity contribution in [2.75, 3.05) is 13.7 Å². The van der Waals surface area contributed by atoms with Crippen molar-refractivity contribution in [1.82, 2.24) is 0 Å². The van der Waals surface area contributed by atoms with E-state index in [-0.39, 0.29) is 21.9 Å². The normalized spacial score (nSPS) is 18.0. The van der Waals surface area contributed by atoms with E-state index in [1.165, 1.54) is 16.7 Å². The number of hydrogen-bond acceptors (Lipinski definition) is 4. The van der Waals surface area contributed by atoms with Gasteiger partial charge in [-0.3, -0.25) is 0 Å². The van der Waals surface area contributed by atoms with E-state index in [4.69, 9.17) is 18.3 Å². The van der Waals surface area contributed by atoms with Gasteiger partial charge in [0.15, 0.2) is 0 Å². The summed E-state index contributed by atoms with van der Waals surface area (Å²) < 4.78 is 25.1. The minimum Gasteiger partial charge on any atom is -0.544 e. The average Bonchev–Trinajstić information content (AvgIpc) is 2.87. The number of ether oxygens (including phenoxy) is 2. The van der Waals surface area contributed by atoms with E-state index >= 15 is 0 Å². The highest BCUT2D eigenvalue weighted by Gasteiger charge is 2.41. The van der Waals surface area contributed by atoms with E-state index in [1.807, 2.05) is 12.1 Å². The number of benzene rings is 3. The molecule has 4 nitrogen and oxygen atoms in total. The quantitative estimate of drug-likeness (QED) is 0.262. The second kappa shape index (κ2) is 10.9. The van der Waals surface area contributed by atoms with Crippen molar-refractivity contribution in [3.63, 3.8) is 0 Å². The van der Waals surface area contributed by atoms with Crippen LogP contribution in [-0.2, 0) is 0 Å². The van der Waals surface area contributed by atoms with Gasteiger partial charge in [-0.15, -0.1) is 0 Å². The van der Waals surface area contributed by atoms with Gasteiger partial charge in [-0.25, -0.2) is 0 Å². The highest BCUT2D eigenvalue weighted by molar-refractivity contribution is 6.75. The van der Waals surface area contributed by atoms with Gasteiger partial charge in [0.25, 0.3) is 0 Å². The summed E-state index contributed by atoms with van der Waals surface area (Å²) >= 11 is 0. The van der Waals surface area contributed by atoms with Gasteiger partial charge in [-0.05, 0) is 77.7 Å². The topological polar surface area (TPSA) is 36.9 Å². The Labute approximate surface area is 244 Å². The average molecular weight is 577 g/mol. The van der Waals surface area contributed by atoms with E-state index in [9.17, 15) is 0 Å². The first-order valence-electron chi connectivity index (χ1n) is 14.4. The second-order valence-corrected chi connectivity index (χ2v) is 23.6. The van der Waals surface area contributed by atoms with Crippen molar-refractivity contribution >= 4 is 16.6 Å². The summed E-state index contributed by atoms with van der Waals surface area (Å²) in [4.78, 5) is 0. The first-order valence-corrected chi connectivity index (χ1v) is 20.2. The lowest BCUT2D eigenvalue weighted by molar-refractivity contribution is 0.248. The Morgan fingerprint density at radius 3 is 1.65 bits per heavy atom. The summed E-state index contributed by atoms with van der Waals surface area (Å²) in [5.41, 5.74) is 3.68. The van der Waals surface area contributed by atoms with Crippen LogP contribution >= 0.6 is 0 Å². The molecule has 0 aliphatic carbocycles. The van der Waals surface area contributed by atoms with Crippen LogP contribution in [0.25, 0.3) is 0 Å². The smallest absolute Gasteiger partial charge is 0.250 e. The number of rotatable bonds is 7. The molecular formula is C34H48O4Si2. The molecular weight excluding hydrogens is 529 g/mol. The van der Waals surface area contributed by atoms with Crippen molar-refractivity contribution < 1.29 is 18.3 Å². The SMILES string of the molecule is COc1ccc([C@H]2c3ccc(O[Si](C)(C)C(C)(C)C)cc3OC[C@H]2c2ccc(O[Si](C)(C)C(C)(C)C)cc2)cc1. The first kappa shape index (κ1) is 30.3. The lowest BCUT2D eigenvalue weighted by atomic mass is 9.76. The molecule has 216 valence electrons. The largest absolute Gasteiger partial charge is 0.544 e. The number of hydrogen-bond donors (Lipinski definition) is 0. The molecule has 2 atom stereocenters. The summed E-state index contributed by atoms with van der Waals surface area (Å²) in [5.74, 6) is 3.91. The third kappa shape index (κ3) is 6.28. The van der Waals surface area contributed by atoms with Crippen LogP contribution in [0.1, 0.15) is 70.1 Å². The molecule has 0 amide bonds. The Hall–Kier alpha value is -2.71. The molecule has 3 aromatic rings. The lowest BCUT2D eigenvalue weighted by Gasteiger charge is -2.38. The van der Waals surface area contributed by atoms with Gasteiger partial charge in [0.1, 0.15) is 23.0 Å². The molecule has 1 heterocycles. The molecule has 0 radical (unpaired) electrons. The molecule has 0 bridgehead atoms. The summed E-state index contributed by atoms with van der Waals surface area (Å²) in [7, 11) is -2.16. The molecule has 0 N–H and O–H groups in total. The van der Waals surface area contributed by atoms with Crippen LogP contribution in [0.4, 0.5) is 0 Å². The molecule has 0 spiro atoms. The van der Waals surface area contributed by atoms with Crippen LogP contribution < -0.4 is 18.3 Å². The number of fused-ring (bicyclic) bond motifs is 1. The molecule has 0 aromatic heterocycles. The van der Waals surface area contributed by atoms with E-state index in [1.54, 1.807) is 7.11 Å². The second-order valence-electron chi connectivity index (χ2n) is 14.2. The summed E-state index contributed by atoms with van der Waals surface area (Å²) in [6.45, 7) is 23.3. The third-order valence-electron chi connectivity index (χ3n) is 9.28. The molecule has 4 rings (SSSR count). The van der Waals surface area contributed by atoms with Crippen LogP contribution in [-0.4, -0.2) is 30.4 Å². The van der Waals surface area contributed by atoms with Gasteiger partial charge in [0.05, 0.1) is 13.7 Å². The molecule has 0 unspecified atom stereocenters. The molecule has 0 saturated heterocycles. The minimum atomic E-state index is -1.96. The van der Waals surface area contributed by atoms with E-state index in [0.29, 0.717) is 6.61 Å². The van der Waals surface area contributed by atoms with Crippen LogP contribution in [0, 0.1) is 0 Å². The van der Waals surface area contributed by atoms with Gasteiger partial charge >= 0.3 is 0 Å². The van der Waals surface area contributed by atoms with Crippen LogP contribution in [0.2, 0.25) is 36.3 Å². The van der Waals surface area contributed by atoms with E-state index < -0.39 is 16.6 Å². The maximum atomic E-state index is 6.62. The van der Waals surface area contributed by atoms with Crippen LogP contribution in [0.5, 0.6) is 23.0 Å². The van der Waals surface area contributed by atoms with Gasteiger partial charge < -0.3 is 18.3 Å². The monoisotopic (exact) mass is 576 g/mol. The van der Waals surface area contributed by atoms with E-state index in [2.05, 4.69) is 122 Å². The Bertz CT molecular complexity index is 1300. The Kier molecular flexibility index (Phi) is 8.27. The maximum absolute atomic E-state index is 6.62. The van der Waals surface area contributed by atoms with Crippen LogP contribution in [0.3, 0.4) is 0 Å². The predicted octanol–water partition coefficient (Wildman–Crippen LogP) is 9.77. The Morgan fingerprint density at radius 1 is 0.650 bits per heavy atom. The fourth-order valence-electron chi connectivity index (χ4n) is 4.64. The number of methoxy groups -OCH3 is 1. The zero-order valence-electron chi connectivity index (χ0n) is 26.3. The Balaban J connectivity index is 1.69. The highest BCUT2D eigenvalue weighted by Crippen LogP contribution is 2.48. The zero-order chi connectivity index (χ0) is 29.5. The van der Waals surface area contributed by atoms with Crippen molar-refractivity contribution in [3.05, 3.63) is 83.4 Å². The van der Waals surface area contributed by atoms with E-state index in [0.717, 1.165) is 23.0 Å². The molecule has 6 heteroatoms. The first-order chi connectivity index (χ1) is 18.5. The zero-order valence-corrected chi connectivity index (χ0v) is 28.3. The molecule has 40 heavy (non-hydrogen) atoms. The van der Waals surface area contributed by atoms with Crippen molar-refractivity contribution in [3.8, 4) is 23.0 Å².